The molecule has 1 heterocycles. The summed E-state index contributed by atoms with van der Waals surface area (Å²) in [5.74, 6) is 0. The molecule has 0 bridgehead atoms. The molecule has 1 aromatic heterocycles. The van der Waals surface area contributed by atoms with E-state index in [-0.39, 0.29) is 18.4 Å². The molecule has 19 heavy (non-hydrogen) atoms. The average molecular weight is 297 g/mol. The Kier molecular flexibility index (Phi) is 6.29. The van der Waals surface area contributed by atoms with Crippen molar-refractivity contribution in [1.29, 1.82) is 0 Å². The molecule has 0 amide bonds. The van der Waals surface area contributed by atoms with Crippen molar-refractivity contribution in [3.63, 3.8) is 0 Å². The summed E-state index contributed by atoms with van der Waals surface area (Å²) in [6.45, 7) is 2.09. The largest absolute Gasteiger partial charge is 0.327 e. The first-order chi connectivity index (χ1) is 8.69. The molecule has 0 aliphatic rings. The molecule has 2 nitrogen and oxygen atoms in total. The monoisotopic (exact) mass is 296 g/mol. The fourth-order valence-corrected chi connectivity index (χ4v) is 1.91. The van der Waals surface area contributed by atoms with Gasteiger partial charge in [-0.05, 0) is 30.7 Å². The summed E-state index contributed by atoms with van der Waals surface area (Å²) < 4.78 is 0. The quantitative estimate of drug-likeness (QED) is 0.922. The van der Waals surface area contributed by atoms with Crippen LogP contribution in [0.3, 0.4) is 0 Å². The van der Waals surface area contributed by atoms with Crippen molar-refractivity contribution in [1.82, 2.24) is 4.98 Å². The van der Waals surface area contributed by atoms with Crippen LogP contribution in [0.1, 0.15) is 19.0 Å². The van der Waals surface area contributed by atoms with Gasteiger partial charge < -0.3 is 5.73 Å². The minimum atomic E-state index is 0. The summed E-state index contributed by atoms with van der Waals surface area (Å²) in [5.41, 5.74) is 9.04. The van der Waals surface area contributed by atoms with Crippen LogP contribution in [-0.2, 0) is 6.42 Å². The fourth-order valence-electron chi connectivity index (χ4n) is 1.79. The molecular weight excluding hydrogens is 279 g/mol. The molecule has 0 spiro atoms. The Labute approximate surface area is 125 Å². The van der Waals surface area contributed by atoms with Gasteiger partial charge in [-0.3, -0.25) is 4.98 Å². The minimum absolute atomic E-state index is 0. The van der Waals surface area contributed by atoms with E-state index in [0.717, 1.165) is 34.8 Å². The van der Waals surface area contributed by atoms with Crippen LogP contribution in [0.4, 0.5) is 0 Å². The molecule has 0 saturated carbocycles. The topological polar surface area (TPSA) is 38.9 Å². The molecule has 102 valence electrons. The second-order valence-corrected chi connectivity index (χ2v) is 4.83. The van der Waals surface area contributed by atoms with Gasteiger partial charge in [-0.25, -0.2) is 0 Å². The summed E-state index contributed by atoms with van der Waals surface area (Å²) >= 11 is 5.88. The highest BCUT2D eigenvalue weighted by molar-refractivity contribution is 6.30. The third kappa shape index (κ3) is 4.50. The van der Waals surface area contributed by atoms with E-state index in [9.17, 15) is 0 Å². The first-order valence-corrected chi connectivity index (χ1v) is 6.54. The molecule has 0 radical (unpaired) electrons. The summed E-state index contributed by atoms with van der Waals surface area (Å²) in [7, 11) is 0. The van der Waals surface area contributed by atoms with Gasteiger partial charge in [0.25, 0.3) is 0 Å². The first kappa shape index (κ1) is 16.0. The smallest absolute Gasteiger partial charge is 0.0705 e. The van der Waals surface area contributed by atoms with Crippen molar-refractivity contribution >= 4 is 24.0 Å². The van der Waals surface area contributed by atoms with Crippen molar-refractivity contribution < 1.29 is 0 Å². The zero-order valence-corrected chi connectivity index (χ0v) is 12.4. The number of nitrogens with two attached hydrogens (primary N) is 1. The lowest BCUT2D eigenvalue weighted by Gasteiger charge is -2.09. The molecule has 1 aromatic carbocycles. The maximum Gasteiger partial charge on any atom is 0.0705 e. The Morgan fingerprint density at radius 2 is 1.84 bits per heavy atom. The number of halogens is 2. The number of aromatic nitrogens is 1. The van der Waals surface area contributed by atoms with E-state index >= 15 is 0 Å². The Morgan fingerprint density at radius 1 is 1.16 bits per heavy atom. The van der Waals surface area contributed by atoms with E-state index in [0.29, 0.717) is 0 Å². The molecule has 0 fully saturated rings. The Hall–Kier alpha value is -1.09. The number of pyridine rings is 1. The van der Waals surface area contributed by atoms with Crippen LogP contribution in [0.15, 0.2) is 42.5 Å². The molecule has 1 unspecified atom stereocenters. The van der Waals surface area contributed by atoms with Crippen LogP contribution in [-0.4, -0.2) is 11.0 Å². The molecule has 2 rings (SSSR count). The molecule has 0 aliphatic heterocycles. The van der Waals surface area contributed by atoms with Crippen LogP contribution in [0.25, 0.3) is 11.3 Å². The summed E-state index contributed by atoms with van der Waals surface area (Å²) in [4.78, 5) is 4.64. The maximum atomic E-state index is 5.96. The van der Waals surface area contributed by atoms with Crippen molar-refractivity contribution in [3.8, 4) is 11.3 Å². The molecule has 1 atom stereocenters. The van der Waals surface area contributed by atoms with Gasteiger partial charge >= 0.3 is 0 Å². The van der Waals surface area contributed by atoms with Crippen LogP contribution >= 0.6 is 24.0 Å². The van der Waals surface area contributed by atoms with E-state index in [1.54, 1.807) is 0 Å². The zero-order valence-electron chi connectivity index (χ0n) is 10.8. The maximum absolute atomic E-state index is 5.96. The van der Waals surface area contributed by atoms with E-state index < -0.39 is 0 Å². The minimum Gasteiger partial charge on any atom is -0.327 e. The fraction of sp³-hybridized carbons (Fsp3) is 0.267. The van der Waals surface area contributed by atoms with Crippen molar-refractivity contribution in [2.24, 2.45) is 5.73 Å². The predicted molar refractivity (Wildman–Crippen MR) is 83.9 cm³/mol. The van der Waals surface area contributed by atoms with Gasteiger partial charge in [-0.1, -0.05) is 36.7 Å². The number of benzene rings is 1. The van der Waals surface area contributed by atoms with Crippen LogP contribution in [0.2, 0.25) is 5.02 Å². The second kappa shape index (κ2) is 7.49. The van der Waals surface area contributed by atoms with Crippen molar-refractivity contribution in [2.45, 2.75) is 25.8 Å². The Balaban J connectivity index is 0.00000180. The van der Waals surface area contributed by atoms with Crippen LogP contribution < -0.4 is 5.73 Å². The SMILES string of the molecule is CCC(N)Cc1cccc(-c2ccc(Cl)cc2)n1.Cl. The van der Waals surface area contributed by atoms with E-state index in [4.69, 9.17) is 17.3 Å². The molecule has 4 heteroatoms. The highest BCUT2D eigenvalue weighted by Gasteiger charge is 2.05. The third-order valence-electron chi connectivity index (χ3n) is 2.94. The molecule has 2 N–H and O–H groups in total. The highest BCUT2D eigenvalue weighted by Crippen LogP contribution is 2.20. The van der Waals surface area contributed by atoms with Gasteiger partial charge in [0.15, 0.2) is 0 Å². The van der Waals surface area contributed by atoms with Crippen LogP contribution in [0.5, 0.6) is 0 Å². The van der Waals surface area contributed by atoms with E-state index in [2.05, 4.69) is 11.9 Å². The average Bonchev–Trinajstić information content (AvgIpc) is 2.40. The van der Waals surface area contributed by atoms with Gasteiger partial charge in [0, 0.05) is 28.7 Å². The normalized spacial score (nSPS) is 11.7. The van der Waals surface area contributed by atoms with Crippen molar-refractivity contribution in [2.75, 3.05) is 0 Å². The number of hydrogen-bond acceptors (Lipinski definition) is 2. The highest BCUT2D eigenvalue weighted by atomic mass is 35.5. The summed E-state index contributed by atoms with van der Waals surface area (Å²) in [6.07, 6.45) is 1.78. The Bertz CT molecular complexity index is 512. The Morgan fingerprint density at radius 3 is 2.47 bits per heavy atom. The van der Waals surface area contributed by atoms with Crippen LogP contribution in [0, 0.1) is 0 Å². The number of rotatable bonds is 4. The lowest BCUT2D eigenvalue weighted by atomic mass is 10.1. The third-order valence-corrected chi connectivity index (χ3v) is 3.19. The molecule has 0 saturated heterocycles. The van der Waals surface area contributed by atoms with Crippen molar-refractivity contribution in [3.05, 3.63) is 53.2 Å². The second-order valence-electron chi connectivity index (χ2n) is 4.39. The van der Waals surface area contributed by atoms with Gasteiger partial charge in [-0.15, -0.1) is 12.4 Å². The van der Waals surface area contributed by atoms with Gasteiger partial charge in [0.1, 0.15) is 0 Å². The van der Waals surface area contributed by atoms with Gasteiger partial charge in [0.05, 0.1) is 5.69 Å². The number of hydrogen-bond donors (Lipinski definition) is 1. The van der Waals surface area contributed by atoms with Gasteiger partial charge in [0.2, 0.25) is 0 Å². The summed E-state index contributed by atoms with van der Waals surface area (Å²) in [6, 6.07) is 13.9. The standard InChI is InChI=1S/C15H17ClN2.ClH/c1-2-13(17)10-14-4-3-5-15(18-14)11-6-8-12(16)9-7-11;/h3-9,13H,2,10,17H2,1H3;1H. The lowest BCUT2D eigenvalue weighted by molar-refractivity contribution is 0.637. The molecular formula is C15H18Cl2N2. The predicted octanol–water partition coefficient (Wildman–Crippen LogP) is 4.10. The molecule has 2 aromatic rings. The van der Waals surface area contributed by atoms with Gasteiger partial charge in [-0.2, -0.15) is 0 Å². The molecule has 0 aliphatic carbocycles. The van der Waals surface area contributed by atoms with E-state index in [1.807, 2.05) is 42.5 Å². The van der Waals surface area contributed by atoms with E-state index in [1.165, 1.54) is 0 Å². The zero-order chi connectivity index (χ0) is 13.0. The summed E-state index contributed by atoms with van der Waals surface area (Å²) in [5, 5.41) is 0.739. The first-order valence-electron chi connectivity index (χ1n) is 6.16. The lowest BCUT2D eigenvalue weighted by Crippen LogP contribution is -2.21. The number of nitrogens with zero attached hydrogens (tertiary/aromatic N) is 1.